The minimum atomic E-state index is -0.930. The molecule has 1 aliphatic rings. The van der Waals surface area contributed by atoms with E-state index in [1.54, 1.807) is 12.1 Å². The highest BCUT2D eigenvalue weighted by Gasteiger charge is 2.15. The Kier molecular flexibility index (Phi) is 3.61. The second-order valence-corrected chi connectivity index (χ2v) is 4.11. The van der Waals surface area contributed by atoms with Crippen LogP contribution >= 0.6 is 0 Å². The number of hydrogen-bond acceptors (Lipinski definition) is 4. The van der Waals surface area contributed by atoms with Crippen LogP contribution in [0.4, 0.5) is 5.69 Å². The number of ether oxygens (including phenoxy) is 1. The molecule has 92 valence electrons. The lowest BCUT2D eigenvalue weighted by Gasteiger charge is -2.27. The van der Waals surface area contributed by atoms with E-state index in [0.717, 1.165) is 18.7 Å². The molecule has 3 N–H and O–H groups in total. The average Bonchev–Trinajstić information content (AvgIpc) is 2.32. The number of nitrogens with zero attached hydrogens (tertiary/aromatic N) is 1. The van der Waals surface area contributed by atoms with Gasteiger partial charge in [0, 0.05) is 25.3 Å². The number of benzene rings is 1. The normalized spacial score (nSPS) is 16.9. The molecule has 0 aromatic heterocycles. The number of hydrogen-bond donors (Lipinski definition) is 2. The summed E-state index contributed by atoms with van der Waals surface area (Å²) in [6.45, 7) is 3.72. The Morgan fingerprint density at radius 3 is 2.76 bits per heavy atom. The van der Waals surface area contributed by atoms with Crippen LogP contribution in [-0.2, 0) is 11.3 Å². The van der Waals surface area contributed by atoms with Gasteiger partial charge in [-0.3, -0.25) is 4.90 Å². The Balaban J connectivity index is 2.16. The molecule has 0 unspecified atom stereocenters. The Morgan fingerprint density at radius 1 is 1.41 bits per heavy atom. The van der Waals surface area contributed by atoms with Crippen molar-refractivity contribution in [2.75, 3.05) is 32.0 Å². The van der Waals surface area contributed by atoms with Crippen LogP contribution in [0.3, 0.4) is 0 Å². The topological polar surface area (TPSA) is 75.8 Å². The maximum absolute atomic E-state index is 11.1. The molecule has 0 spiro atoms. The number of carboxylic acids is 1. The van der Waals surface area contributed by atoms with Crippen LogP contribution in [-0.4, -0.2) is 42.3 Å². The van der Waals surface area contributed by atoms with Crippen LogP contribution in [0, 0.1) is 0 Å². The van der Waals surface area contributed by atoms with E-state index in [1.165, 1.54) is 6.07 Å². The molecule has 5 nitrogen and oxygen atoms in total. The average molecular weight is 236 g/mol. The number of nitrogens with two attached hydrogens (primary N) is 1. The molecule has 2 rings (SSSR count). The minimum absolute atomic E-state index is 0.288. The van der Waals surface area contributed by atoms with E-state index in [2.05, 4.69) is 4.90 Å². The van der Waals surface area contributed by atoms with Gasteiger partial charge in [0.2, 0.25) is 0 Å². The van der Waals surface area contributed by atoms with Crippen LogP contribution in [0.15, 0.2) is 18.2 Å². The van der Waals surface area contributed by atoms with Gasteiger partial charge < -0.3 is 15.6 Å². The second kappa shape index (κ2) is 5.16. The zero-order valence-electron chi connectivity index (χ0n) is 9.56. The Labute approximate surface area is 99.8 Å². The first-order valence-corrected chi connectivity index (χ1v) is 5.58. The van der Waals surface area contributed by atoms with E-state index < -0.39 is 5.97 Å². The Morgan fingerprint density at radius 2 is 2.12 bits per heavy atom. The van der Waals surface area contributed by atoms with Crippen molar-refractivity contribution in [2.24, 2.45) is 0 Å². The number of carbonyl (C=O) groups is 1. The lowest BCUT2D eigenvalue weighted by molar-refractivity contribution is 0.0339. The standard InChI is InChI=1S/C12H16N2O3/c13-10-2-1-9(11(7-10)12(15)16)8-14-3-5-17-6-4-14/h1-2,7H,3-6,8,13H2,(H,15,16). The molecule has 1 aromatic rings. The molecule has 1 saturated heterocycles. The molecule has 0 aliphatic carbocycles. The van der Waals surface area contributed by atoms with Gasteiger partial charge in [-0.15, -0.1) is 0 Å². The van der Waals surface area contributed by atoms with E-state index in [0.29, 0.717) is 25.4 Å². The van der Waals surface area contributed by atoms with Gasteiger partial charge in [-0.05, 0) is 17.7 Å². The molecule has 0 saturated carbocycles. The first-order valence-electron chi connectivity index (χ1n) is 5.58. The zero-order valence-corrected chi connectivity index (χ0v) is 9.56. The predicted molar refractivity (Wildman–Crippen MR) is 63.9 cm³/mol. The van der Waals surface area contributed by atoms with Crippen molar-refractivity contribution in [3.05, 3.63) is 29.3 Å². The molecule has 17 heavy (non-hydrogen) atoms. The summed E-state index contributed by atoms with van der Waals surface area (Å²) in [6, 6.07) is 5.04. The second-order valence-electron chi connectivity index (χ2n) is 4.11. The molecule has 1 aliphatic heterocycles. The summed E-state index contributed by atoms with van der Waals surface area (Å²) in [6.07, 6.45) is 0. The Hall–Kier alpha value is -1.59. The molecule has 0 amide bonds. The van der Waals surface area contributed by atoms with Crippen molar-refractivity contribution in [3.63, 3.8) is 0 Å². The third-order valence-electron chi connectivity index (χ3n) is 2.86. The van der Waals surface area contributed by atoms with Crippen molar-refractivity contribution in [1.82, 2.24) is 4.90 Å². The Bertz CT molecular complexity index is 414. The fraction of sp³-hybridized carbons (Fsp3) is 0.417. The maximum atomic E-state index is 11.1. The van der Waals surface area contributed by atoms with E-state index in [9.17, 15) is 4.79 Å². The third kappa shape index (κ3) is 2.95. The highest BCUT2D eigenvalue weighted by molar-refractivity contribution is 5.90. The maximum Gasteiger partial charge on any atom is 0.336 e. The monoisotopic (exact) mass is 236 g/mol. The van der Waals surface area contributed by atoms with E-state index in [1.807, 2.05) is 0 Å². The number of aromatic carboxylic acids is 1. The summed E-state index contributed by atoms with van der Waals surface area (Å²) in [7, 11) is 0. The highest BCUT2D eigenvalue weighted by atomic mass is 16.5. The number of rotatable bonds is 3. The van der Waals surface area contributed by atoms with Crippen molar-refractivity contribution < 1.29 is 14.6 Å². The lowest BCUT2D eigenvalue weighted by atomic mass is 10.1. The van der Waals surface area contributed by atoms with Gasteiger partial charge in [-0.1, -0.05) is 6.07 Å². The number of anilines is 1. The lowest BCUT2D eigenvalue weighted by Crippen LogP contribution is -2.36. The number of nitrogen functional groups attached to an aromatic ring is 1. The first kappa shape index (κ1) is 11.9. The summed E-state index contributed by atoms with van der Waals surface area (Å²) in [5.74, 6) is -0.930. The number of carboxylic acid groups (broad SMARTS) is 1. The quantitative estimate of drug-likeness (QED) is 0.759. The smallest absolute Gasteiger partial charge is 0.336 e. The molecule has 1 heterocycles. The molecule has 5 heteroatoms. The van der Waals surface area contributed by atoms with Gasteiger partial charge in [0.25, 0.3) is 0 Å². The molecule has 1 fully saturated rings. The van der Waals surface area contributed by atoms with Crippen molar-refractivity contribution in [1.29, 1.82) is 0 Å². The van der Waals surface area contributed by atoms with E-state index >= 15 is 0 Å². The summed E-state index contributed by atoms with van der Waals surface area (Å²) in [4.78, 5) is 13.3. The van der Waals surface area contributed by atoms with Crippen LogP contribution in [0.1, 0.15) is 15.9 Å². The minimum Gasteiger partial charge on any atom is -0.478 e. The van der Waals surface area contributed by atoms with Gasteiger partial charge in [0.05, 0.1) is 18.8 Å². The summed E-state index contributed by atoms with van der Waals surface area (Å²) in [5, 5.41) is 9.12. The molecule has 0 atom stereocenters. The fourth-order valence-electron chi connectivity index (χ4n) is 1.93. The number of morpholine rings is 1. The summed E-state index contributed by atoms with van der Waals surface area (Å²) >= 11 is 0. The summed E-state index contributed by atoms with van der Waals surface area (Å²) < 4.78 is 5.26. The van der Waals surface area contributed by atoms with E-state index in [4.69, 9.17) is 15.6 Å². The molecular weight excluding hydrogens is 220 g/mol. The molecule has 0 radical (unpaired) electrons. The SMILES string of the molecule is Nc1ccc(CN2CCOCC2)c(C(=O)O)c1. The first-order chi connectivity index (χ1) is 8.16. The zero-order chi connectivity index (χ0) is 12.3. The van der Waals surface area contributed by atoms with Gasteiger partial charge in [-0.2, -0.15) is 0 Å². The van der Waals surface area contributed by atoms with Gasteiger partial charge >= 0.3 is 5.97 Å². The van der Waals surface area contributed by atoms with Crippen LogP contribution < -0.4 is 5.73 Å². The highest BCUT2D eigenvalue weighted by Crippen LogP contribution is 2.16. The largest absolute Gasteiger partial charge is 0.478 e. The van der Waals surface area contributed by atoms with E-state index in [-0.39, 0.29) is 5.56 Å². The van der Waals surface area contributed by atoms with Gasteiger partial charge in [0.1, 0.15) is 0 Å². The molecule has 1 aromatic carbocycles. The van der Waals surface area contributed by atoms with Gasteiger partial charge in [0.15, 0.2) is 0 Å². The van der Waals surface area contributed by atoms with Crippen LogP contribution in [0.2, 0.25) is 0 Å². The summed E-state index contributed by atoms with van der Waals surface area (Å²) in [5.41, 5.74) is 7.17. The van der Waals surface area contributed by atoms with Crippen LogP contribution in [0.25, 0.3) is 0 Å². The molecule has 0 bridgehead atoms. The van der Waals surface area contributed by atoms with Gasteiger partial charge in [-0.25, -0.2) is 4.79 Å². The van der Waals surface area contributed by atoms with Crippen molar-refractivity contribution in [3.8, 4) is 0 Å². The van der Waals surface area contributed by atoms with Crippen molar-refractivity contribution >= 4 is 11.7 Å². The fourth-order valence-corrected chi connectivity index (χ4v) is 1.93. The van der Waals surface area contributed by atoms with Crippen molar-refractivity contribution in [2.45, 2.75) is 6.54 Å². The predicted octanol–water partition coefficient (Wildman–Crippen LogP) is 0.799. The molecular formula is C12H16N2O3. The third-order valence-corrected chi connectivity index (χ3v) is 2.86. The van der Waals surface area contributed by atoms with Crippen LogP contribution in [0.5, 0.6) is 0 Å².